The van der Waals surface area contributed by atoms with Crippen LogP contribution in [0.4, 0.5) is 5.82 Å². The Morgan fingerprint density at radius 2 is 1.73 bits per heavy atom. The van der Waals surface area contributed by atoms with Crippen molar-refractivity contribution in [1.29, 1.82) is 0 Å². The fraction of sp³-hybridized carbons (Fsp3) is 0.455. The summed E-state index contributed by atoms with van der Waals surface area (Å²) in [6, 6.07) is 15.3. The molecule has 1 fully saturated rings. The highest BCUT2D eigenvalue weighted by molar-refractivity contribution is 5.98. The molecule has 11 heteroatoms. The van der Waals surface area contributed by atoms with Crippen LogP contribution < -0.4 is 20.7 Å². The zero-order valence-corrected chi connectivity index (χ0v) is 26.2. The number of anilines is 1. The van der Waals surface area contributed by atoms with Crippen molar-refractivity contribution >= 4 is 23.5 Å². The first-order chi connectivity index (χ1) is 21.1. The summed E-state index contributed by atoms with van der Waals surface area (Å²) in [6.07, 6.45) is 5.09. The number of methoxy groups -OCH3 is 1. The summed E-state index contributed by atoms with van der Waals surface area (Å²) in [5, 5.41) is 8.56. The highest BCUT2D eigenvalue weighted by atomic mass is 16.5. The Kier molecular flexibility index (Phi) is 11.1. The Morgan fingerprint density at radius 1 is 1.05 bits per heavy atom. The number of benzene rings is 2. The predicted octanol–water partition coefficient (Wildman–Crippen LogP) is 3.38. The van der Waals surface area contributed by atoms with Gasteiger partial charge in [-0.15, -0.1) is 0 Å². The number of imidazole rings is 1. The Hall–Kier alpha value is -4.22. The minimum Gasteiger partial charge on any atom is -0.497 e. The molecule has 3 N–H and O–H groups in total. The summed E-state index contributed by atoms with van der Waals surface area (Å²) in [4.78, 5) is 46.6. The van der Waals surface area contributed by atoms with Crippen LogP contribution in [0.15, 0.2) is 67.1 Å². The van der Waals surface area contributed by atoms with E-state index in [1.165, 1.54) is 0 Å². The number of ether oxygens (including phenoxy) is 2. The quantitative estimate of drug-likeness (QED) is 0.273. The van der Waals surface area contributed by atoms with Crippen LogP contribution in [0, 0.1) is 5.92 Å². The lowest BCUT2D eigenvalue weighted by molar-refractivity contribution is -0.135. The molecule has 4 rings (SSSR count). The number of nitrogens with zero attached hydrogens (tertiary/aromatic N) is 3. The van der Waals surface area contributed by atoms with Crippen LogP contribution in [0.3, 0.4) is 0 Å². The average Bonchev–Trinajstić information content (AvgIpc) is 3.49. The van der Waals surface area contributed by atoms with E-state index >= 15 is 0 Å². The van der Waals surface area contributed by atoms with Crippen LogP contribution in [0.25, 0.3) is 0 Å². The molecule has 1 saturated heterocycles. The molecule has 1 aromatic heterocycles. The van der Waals surface area contributed by atoms with E-state index in [1.807, 2.05) is 59.5 Å². The topological polar surface area (TPSA) is 127 Å². The molecule has 0 spiro atoms. The third-order valence-electron chi connectivity index (χ3n) is 8.12. The second-order valence-electron chi connectivity index (χ2n) is 11.8. The summed E-state index contributed by atoms with van der Waals surface area (Å²) < 4.78 is 12.9. The second kappa shape index (κ2) is 15.0. The van der Waals surface area contributed by atoms with Crippen molar-refractivity contribution in [2.75, 3.05) is 39.2 Å². The number of hydrogen-bond acceptors (Lipinski definition) is 7. The van der Waals surface area contributed by atoms with Gasteiger partial charge in [0.2, 0.25) is 11.8 Å². The Balaban J connectivity index is 1.52. The van der Waals surface area contributed by atoms with Gasteiger partial charge in [-0.3, -0.25) is 14.4 Å². The van der Waals surface area contributed by atoms with Crippen molar-refractivity contribution < 1.29 is 23.9 Å². The molecule has 1 unspecified atom stereocenters. The van der Waals surface area contributed by atoms with E-state index in [1.54, 1.807) is 45.1 Å². The average molecular weight is 605 g/mol. The van der Waals surface area contributed by atoms with Crippen molar-refractivity contribution in [3.63, 3.8) is 0 Å². The number of likely N-dealkylation sites (N-methyl/N-ethyl adjacent to an activating group) is 1. The van der Waals surface area contributed by atoms with Gasteiger partial charge >= 0.3 is 0 Å². The molecule has 44 heavy (non-hydrogen) atoms. The molecular weight excluding hydrogens is 560 g/mol. The van der Waals surface area contributed by atoms with Gasteiger partial charge in [-0.05, 0) is 62.9 Å². The van der Waals surface area contributed by atoms with E-state index in [0.29, 0.717) is 24.8 Å². The molecule has 0 radical (unpaired) electrons. The third kappa shape index (κ3) is 8.45. The molecule has 0 aliphatic carbocycles. The molecular formula is C33H44N6O5. The van der Waals surface area contributed by atoms with Crippen molar-refractivity contribution in [3.8, 4) is 5.75 Å². The van der Waals surface area contributed by atoms with Gasteiger partial charge in [0.15, 0.2) is 5.82 Å². The number of piperidine rings is 1. The molecule has 2 atom stereocenters. The van der Waals surface area contributed by atoms with Gasteiger partial charge in [0.05, 0.1) is 32.2 Å². The summed E-state index contributed by atoms with van der Waals surface area (Å²) in [5.74, 6) is 0.650. The van der Waals surface area contributed by atoms with Gasteiger partial charge in [0.1, 0.15) is 17.8 Å². The first-order valence-electron chi connectivity index (χ1n) is 15.0. The van der Waals surface area contributed by atoms with E-state index < -0.39 is 23.5 Å². The Labute approximate surface area is 259 Å². The van der Waals surface area contributed by atoms with Crippen molar-refractivity contribution in [2.24, 2.45) is 5.92 Å². The zero-order chi connectivity index (χ0) is 31.7. The summed E-state index contributed by atoms with van der Waals surface area (Å²) in [6.45, 7) is 7.28. The fourth-order valence-electron chi connectivity index (χ4n) is 4.89. The van der Waals surface area contributed by atoms with Crippen LogP contribution in [0.2, 0.25) is 0 Å². The minimum atomic E-state index is -0.988. The van der Waals surface area contributed by atoms with Crippen LogP contribution in [0.5, 0.6) is 5.75 Å². The highest BCUT2D eigenvalue weighted by Crippen LogP contribution is 2.27. The summed E-state index contributed by atoms with van der Waals surface area (Å²) in [7, 11) is 3.28. The maximum Gasteiger partial charge on any atom is 0.250 e. The highest BCUT2D eigenvalue weighted by Gasteiger charge is 2.32. The number of hydrogen-bond donors (Lipinski definition) is 3. The Morgan fingerprint density at radius 3 is 2.36 bits per heavy atom. The van der Waals surface area contributed by atoms with E-state index in [-0.39, 0.29) is 30.8 Å². The Bertz CT molecular complexity index is 1380. The molecule has 236 valence electrons. The first kappa shape index (κ1) is 32.7. The van der Waals surface area contributed by atoms with E-state index in [2.05, 4.69) is 27.9 Å². The number of carbonyl (C=O) groups is 3. The minimum absolute atomic E-state index is 0.0360. The maximum atomic E-state index is 13.9. The number of rotatable bonds is 13. The third-order valence-corrected chi connectivity index (χ3v) is 8.12. The second-order valence-corrected chi connectivity index (χ2v) is 11.8. The van der Waals surface area contributed by atoms with E-state index in [9.17, 15) is 14.4 Å². The molecule has 3 amide bonds. The van der Waals surface area contributed by atoms with Gasteiger partial charge in [-0.2, -0.15) is 0 Å². The van der Waals surface area contributed by atoms with Gasteiger partial charge < -0.3 is 34.9 Å². The maximum absolute atomic E-state index is 13.9. The number of amides is 3. The van der Waals surface area contributed by atoms with Crippen LogP contribution in [-0.2, 0) is 25.7 Å². The monoisotopic (exact) mass is 604 g/mol. The predicted molar refractivity (Wildman–Crippen MR) is 168 cm³/mol. The zero-order valence-electron chi connectivity index (χ0n) is 26.2. The smallest absolute Gasteiger partial charge is 0.250 e. The molecule has 0 saturated carbocycles. The number of aromatic nitrogens is 2. The van der Waals surface area contributed by atoms with Crippen molar-refractivity contribution in [1.82, 2.24) is 25.1 Å². The van der Waals surface area contributed by atoms with E-state index in [4.69, 9.17) is 9.47 Å². The standard InChI is InChI=1S/C33H44N6O5/c1-23-15-17-38(18-16-23)31(41)29(25-11-13-26(43-5)14-12-25)39-19-28(35-22-39)37-30(40)27(36-32(42)33(2,3)34-4)21-44-20-24-9-7-6-8-10-24/h6-14,19,22-23,27,29,34H,15-18,20-21H2,1-5H3,(H,36,42)(H,37,40)/t27-,29?/m1/s1. The van der Waals surface area contributed by atoms with Crippen LogP contribution in [0.1, 0.15) is 50.8 Å². The molecule has 11 nitrogen and oxygen atoms in total. The normalized spacial score (nSPS) is 15.3. The molecule has 2 heterocycles. The number of nitrogens with one attached hydrogen (secondary N) is 3. The van der Waals surface area contributed by atoms with Crippen molar-refractivity contribution in [2.45, 2.75) is 57.8 Å². The number of carbonyl (C=O) groups excluding carboxylic acids is 3. The van der Waals surface area contributed by atoms with Gasteiger partial charge in [-0.25, -0.2) is 4.98 Å². The van der Waals surface area contributed by atoms with Crippen LogP contribution >= 0.6 is 0 Å². The van der Waals surface area contributed by atoms with Gasteiger partial charge in [0.25, 0.3) is 5.91 Å². The summed E-state index contributed by atoms with van der Waals surface area (Å²) in [5.41, 5.74) is 0.820. The lowest BCUT2D eigenvalue weighted by Gasteiger charge is -2.33. The SMILES string of the molecule is CNC(C)(C)C(=O)N[C@H](COCc1ccccc1)C(=O)Nc1cn(C(C(=O)N2CCC(C)CC2)c2ccc(OC)cc2)cn1. The lowest BCUT2D eigenvalue weighted by Crippen LogP contribution is -2.57. The molecule has 1 aliphatic rings. The molecule has 2 aromatic carbocycles. The first-order valence-corrected chi connectivity index (χ1v) is 15.0. The van der Waals surface area contributed by atoms with Crippen LogP contribution in [-0.4, -0.2) is 77.6 Å². The largest absolute Gasteiger partial charge is 0.497 e. The molecule has 3 aromatic rings. The van der Waals surface area contributed by atoms with E-state index in [0.717, 1.165) is 24.0 Å². The van der Waals surface area contributed by atoms with Crippen molar-refractivity contribution in [3.05, 3.63) is 78.2 Å². The summed E-state index contributed by atoms with van der Waals surface area (Å²) >= 11 is 0. The molecule has 0 bridgehead atoms. The number of likely N-dealkylation sites (tertiary alicyclic amines) is 1. The van der Waals surface area contributed by atoms with Gasteiger partial charge in [-0.1, -0.05) is 49.4 Å². The van der Waals surface area contributed by atoms with Gasteiger partial charge in [0, 0.05) is 19.3 Å². The fourth-order valence-corrected chi connectivity index (χ4v) is 4.89. The molecule has 1 aliphatic heterocycles. The lowest BCUT2D eigenvalue weighted by atomic mass is 9.97.